The Bertz CT molecular complexity index is 587. The Kier molecular flexibility index (Phi) is 3.54. The van der Waals surface area contributed by atoms with Crippen LogP contribution in [0.3, 0.4) is 0 Å². The highest BCUT2D eigenvalue weighted by Gasteiger charge is 2.21. The van der Waals surface area contributed by atoms with E-state index in [1.54, 1.807) is 31.6 Å². The van der Waals surface area contributed by atoms with Gasteiger partial charge in [0.1, 0.15) is 17.5 Å². The van der Waals surface area contributed by atoms with Crippen LogP contribution in [0.15, 0.2) is 24.5 Å². The summed E-state index contributed by atoms with van der Waals surface area (Å²) in [6.07, 6.45) is 3.30. The first-order valence-corrected chi connectivity index (χ1v) is 5.78. The van der Waals surface area contributed by atoms with E-state index in [0.717, 1.165) is 11.1 Å². The van der Waals surface area contributed by atoms with E-state index >= 15 is 0 Å². The number of hydrogen-bond acceptors (Lipinski definition) is 3. The maximum Gasteiger partial charge on any atom is 0.133 e. The van der Waals surface area contributed by atoms with Crippen molar-refractivity contribution in [2.45, 2.75) is 12.8 Å². The van der Waals surface area contributed by atoms with Crippen LogP contribution in [0, 0.1) is 18.3 Å². The average Bonchev–Trinajstić information content (AvgIpc) is 2.83. The summed E-state index contributed by atoms with van der Waals surface area (Å²) in [6.45, 7) is 1.89. The number of aryl methyl sites for hydroxylation is 1. The summed E-state index contributed by atoms with van der Waals surface area (Å²) in [7, 11) is 1.58. The van der Waals surface area contributed by atoms with Gasteiger partial charge in [-0.25, -0.2) is 4.98 Å². The van der Waals surface area contributed by atoms with E-state index in [9.17, 15) is 5.26 Å². The molecular weight excluding hydrogens is 250 g/mol. The number of methoxy groups -OCH3 is 1. The highest BCUT2D eigenvalue weighted by molar-refractivity contribution is 6.30. The summed E-state index contributed by atoms with van der Waals surface area (Å²) < 4.78 is 5.36. The van der Waals surface area contributed by atoms with Crippen LogP contribution in [0.2, 0.25) is 5.02 Å². The van der Waals surface area contributed by atoms with Gasteiger partial charge in [-0.3, -0.25) is 0 Å². The maximum atomic E-state index is 9.34. The van der Waals surface area contributed by atoms with E-state index in [1.807, 2.05) is 6.92 Å². The molecule has 1 aromatic carbocycles. The van der Waals surface area contributed by atoms with Gasteiger partial charge in [0.2, 0.25) is 0 Å². The largest absolute Gasteiger partial charge is 0.496 e. The first-order chi connectivity index (χ1) is 8.67. The summed E-state index contributed by atoms with van der Waals surface area (Å²) in [6, 6.07) is 5.76. The molecule has 18 heavy (non-hydrogen) atoms. The van der Waals surface area contributed by atoms with E-state index in [2.05, 4.69) is 16.0 Å². The molecular formula is C13H12ClN3O. The maximum absolute atomic E-state index is 9.34. The van der Waals surface area contributed by atoms with Crippen molar-refractivity contribution in [3.8, 4) is 11.8 Å². The second kappa shape index (κ2) is 5.11. The van der Waals surface area contributed by atoms with Crippen LogP contribution in [0.5, 0.6) is 5.75 Å². The van der Waals surface area contributed by atoms with Crippen molar-refractivity contribution >= 4 is 11.6 Å². The van der Waals surface area contributed by atoms with Crippen LogP contribution in [-0.4, -0.2) is 17.1 Å². The number of ether oxygens (including phenoxy) is 1. The van der Waals surface area contributed by atoms with Gasteiger partial charge in [0, 0.05) is 23.0 Å². The Morgan fingerprint density at radius 3 is 2.83 bits per heavy atom. The van der Waals surface area contributed by atoms with Crippen molar-refractivity contribution in [1.82, 2.24) is 9.97 Å². The lowest BCUT2D eigenvalue weighted by atomic mass is 9.96. The van der Waals surface area contributed by atoms with Gasteiger partial charge in [-0.15, -0.1) is 0 Å². The smallest absolute Gasteiger partial charge is 0.133 e. The van der Waals surface area contributed by atoms with Crippen molar-refractivity contribution in [2.75, 3.05) is 7.11 Å². The molecule has 0 aliphatic carbocycles. The van der Waals surface area contributed by atoms with E-state index in [1.165, 1.54) is 0 Å². The second-order valence-corrected chi connectivity index (χ2v) is 4.32. The highest BCUT2D eigenvalue weighted by atomic mass is 35.5. The van der Waals surface area contributed by atoms with Crippen molar-refractivity contribution in [2.24, 2.45) is 0 Å². The van der Waals surface area contributed by atoms with E-state index in [-0.39, 0.29) is 0 Å². The topological polar surface area (TPSA) is 61.7 Å². The lowest BCUT2D eigenvalue weighted by Gasteiger charge is -2.14. The number of aromatic nitrogens is 2. The Hall–Kier alpha value is -1.99. The molecule has 2 rings (SSSR count). The lowest BCUT2D eigenvalue weighted by Crippen LogP contribution is -2.04. The molecule has 0 aliphatic rings. The van der Waals surface area contributed by atoms with Crippen LogP contribution in [-0.2, 0) is 0 Å². The molecule has 1 aromatic heterocycles. The predicted octanol–water partition coefficient (Wildman–Crippen LogP) is 3.04. The minimum absolute atomic E-state index is 0.521. The molecule has 0 bridgehead atoms. The molecule has 1 heterocycles. The fraction of sp³-hybridized carbons (Fsp3) is 0.231. The quantitative estimate of drug-likeness (QED) is 0.924. The number of nitriles is 1. The van der Waals surface area contributed by atoms with Crippen LogP contribution >= 0.6 is 11.6 Å². The molecule has 1 N–H and O–H groups in total. The molecule has 92 valence electrons. The van der Waals surface area contributed by atoms with E-state index in [4.69, 9.17) is 16.3 Å². The third kappa shape index (κ3) is 2.18. The standard InChI is InChI=1S/C13H12ClN3O/c1-8-5-9(14)6-10(12(8)18-2)11(7-15)13-16-3-4-17-13/h3-6,11H,1-2H3,(H,16,17). The summed E-state index contributed by atoms with van der Waals surface area (Å²) in [4.78, 5) is 7.07. The third-order valence-corrected chi connectivity index (χ3v) is 2.92. The zero-order valence-electron chi connectivity index (χ0n) is 10.1. The Labute approximate surface area is 110 Å². The van der Waals surface area contributed by atoms with Crippen LogP contribution in [0.1, 0.15) is 22.9 Å². The third-order valence-electron chi connectivity index (χ3n) is 2.71. The number of hydrogen-bond donors (Lipinski definition) is 1. The van der Waals surface area contributed by atoms with Gasteiger partial charge in [-0.2, -0.15) is 5.26 Å². The molecule has 4 nitrogen and oxygen atoms in total. The highest BCUT2D eigenvalue weighted by Crippen LogP contribution is 2.35. The zero-order valence-corrected chi connectivity index (χ0v) is 10.8. The number of nitrogens with one attached hydrogen (secondary N) is 1. The van der Waals surface area contributed by atoms with Crippen molar-refractivity contribution in [3.05, 3.63) is 46.5 Å². The predicted molar refractivity (Wildman–Crippen MR) is 68.8 cm³/mol. The second-order valence-electron chi connectivity index (χ2n) is 3.88. The van der Waals surface area contributed by atoms with Gasteiger partial charge >= 0.3 is 0 Å². The number of aromatic amines is 1. The van der Waals surface area contributed by atoms with Crippen molar-refractivity contribution < 1.29 is 4.74 Å². The molecule has 2 aromatic rings. The molecule has 0 fully saturated rings. The number of H-pyrrole nitrogens is 1. The number of nitrogens with zero attached hydrogens (tertiary/aromatic N) is 2. The van der Waals surface area contributed by atoms with Gasteiger partial charge in [-0.05, 0) is 24.6 Å². The van der Waals surface area contributed by atoms with Crippen molar-refractivity contribution in [1.29, 1.82) is 5.26 Å². The number of rotatable bonds is 3. The van der Waals surface area contributed by atoms with E-state index < -0.39 is 5.92 Å². The number of benzene rings is 1. The molecule has 0 saturated carbocycles. The van der Waals surface area contributed by atoms with Crippen molar-refractivity contribution in [3.63, 3.8) is 0 Å². The molecule has 0 saturated heterocycles. The normalized spacial score (nSPS) is 11.9. The van der Waals surface area contributed by atoms with Crippen LogP contribution in [0.25, 0.3) is 0 Å². The summed E-state index contributed by atoms with van der Waals surface area (Å²) in [5.41, 5.74) is 1.62. The number of imidazole rings is 1. The molecule has 0 spiro atoms. The number of halogens is 1. The monoisotopic (exact) mass is 261 g/mol. The van der Waals surface area contributed by atoms with Crippen LogP contribution in [0.4, 0.5) is 0 Å². The summed E-state index contributed by atoms with van der Waals surface area (Å²) in [5.74, 6) is 0.729. The first-order valence-electron chi connectivity index (χ1n) is 5.40. The minimum atomic E-state index is -0.521. The van der Waals surface area contributed by atoms with Gasteiger partial charge < -0.3 is 9.72 Å². The summed E-state index contributed by atoms with van der Waals surface area (Å²) in [5, 5.41) is 9.92. The fourth-order valence-electron chi connectivity index (χ4n) is 1.96. The average molecular weight is 262 g/mol. The zero-order chi connectivity index (χ0) is 13.1. The fourth-order valence-corrected chi connectivity index (χ4v) is 2.24. The molecule has 1 unspecified atom stereocenters. The lowest BCUT2D eigenvalue weighted by molar-refractivity contribution is 0.406. The molecule has 0 radical (unpaired) electrons. The van der Waals surface area contributed by atoms with Crippen LogP contribution < -0.4 is 4.74 Å². The Balaban J connectivity index is 2.59. The van der Waals surface area contributed by atoms with Gasteiger partial charge in [0.25, 0.3) is 0 Å². The molecule has 0 aliphatic heterocycles. The first kappa shape index (κ1) is 12.5. The molecule has 1 atom stereocenters. The molecule has 0 amide bonds. The van der Waals surface area contributed by atoms with E-state index in [0.29, 0.717) is 16.6 Å². The van der Waals surface area contributed by atoms with Gasteiger partial charge in [-0.1, -0.05) is 11.6 Å². The van der Waals surface area contributed by atoms with Gasteiger partial charge in [0.05, 0.1) is 13.2 Å². The Morgan fingerprint density at radius 1 is 1.50 bits per heavy atom. The van der Waals surface area contributed by atoms with Gasteiger partial charge in [0.15, 0.2) is 0 Å². The minimum Gasteiger partial charge on any atom is -0.496 e. The molecule has 5 heteroatoms. The Morgan fingerprint density at radius 2 is 2.28 bits per heavy atom. The SMILES string of the molecule is COc1c(C)cc(Cl)cc1C(C#N)c1ncc[nH]1. The summed E-state index contributed by atoms with van der Waals surface area (Å²) >= 11 is 6.05.